The van der Waals surface area contributed by atoms with Crippen LogP contribution in [0.5, 0.6) is 5.75 Å². The molecule has 0 spiro atoms. The van der Waals surface area contributed by atoms with Gasteiger partial charge < -0.3 is 9.47 Å². The van der Waals surface area contributed by atoms with Crippen LogP contribution in [-0.2, 0) is 4.74 Å². The number of halogens is 1. The second kappa shape index (κ2) is 4.32. The van der Waals surface area contributed by atoms with Crippen molar-refractivity contribution in [1.29, 1.82) is 0 Å². The summed E-state index contributed by atoms with van der Waals surface area (Å²) in [5.74, 6) is 0.917. The SMILES string of the molecule is Cc1cccc(O[C@@H]2CCOC2)c1Br. The van der Waals surface area contributed by atoms with Gasteiger partial charge in [0.05, 0.1) is 17.7 Å². The average molecular weight is 257 g/mol. The smallest absolute Gasteiger partial charge is 0.134 e. The molecule has 1 saturated heterocycles. The third-order valence-electron chi connectivity index (χ3n) is 2.34. The molecule has 1 heterocycles. The maximum absolute atomic E-state index is 5.82. The standard InChI is InChI=1S/C11H13BrO2/c1-8-3-2-4-10(11(8)12)14-9-5-6-13-7-9/h2-4,9H,5-7H2,1H3/t9-/m1/s1. The molecule has 1 aromatic rings. The summed E-state index contributed by atoms with van der Waals surface area (Å²) in [4.78, 5) is 0. The number of benzene rings is 1. The van der Waals surface area contributed by atoms with E-state index in [2.05, 4.69) is 28.9 Å². The first kappa shape index (κ1) is 9.99. The third kappa shape index (κ3) is 2.10. The third-order valence-corrected chi connectivity index (χ3v) is 3.35. The van der Waals surface area contributed by atoms with E-state index in [-0.39, 0.29) is 6.10 Å². The van der Waals surface area contributed by atoms with Crippen LogP contribution in [0.4, 0.5) is 0 Å². The van der Waals surface area contributed by atoms with E-state index in [0.29, 0.717) is 6.61 Å². The summed E-state index contributed by atoms with van der Waals surface area (Å²) in [5.41, 5.74) is 1.20. The molecule has 0 radical (unpaired) electrons. The van der Waals surface area contributed by atoms with Gasteiger partial charge in [0.15, 0.2) is 0 Å². The van der Waals surface area contributed by atoms with Crippen molar-refractivity contribution < 1.29 is 9.47 Å². The maximum Gasteiger partial charge on any atom is 0.134 e. The van der Waals surface area contributed by atoms with E-state index in [1.54, 1.807) is 0 Å². The van der Waals surface area contributed by atoms with Crippen molar-refractivity contribution in [2.24, 2.45) is 0 Å². The Balaban J connectivity index is 2.11. The molecular weight excluding hydrogens is 244 g/mol. The lowest BCUT2D eigenvalue weighted by atomic mass is 10.2. The highest BCUT2D eigenvalue weighted by atomic mass is 79.9. The highest BCUT2D eigenvalue weighted by Gasteiger charge is 2.18. The normalized spacial score (nSPS) is 21.1. The molecule has 2 rings (SSSR count). The number of rotatable bonds is 2. The zero-order valence-corrected chi connectivity index (χ0v) is 9.71. The molecular formula is C11H13BrO2. The lowest BCUT2D eigenvalue weighted by Crippen LogP contribution is -2.15. The summed E-state index contributed by atoms with van der Waals surface area (Å²) in [6.07, 6.45) is 1.20. The fourth-order valence-corrected chi connectivity index (χ4v) is 1.85. The minimum absolute atomic E-state index is 0.216. The van der Waals surface area contributed by atoms with Gasteiger partial charge in [-0.15, -0.1) is 0 Å². The molecule has 1 aliphatic heterocycles. The number of ether oxygens (including phenoxy) is 2. The van der Waals surface area contributed by atoms with Crippen LogP contribution >= 0.6 is 15.9 Å². The van der Waals surface area contributed by atoms with E-state index in [0.717, 1.165) is 23.2 Å². The molecule has 2 nitrogen and oxygen atoms in total. The molecule has 0 aliphatic carbocycles. The van der Waals surface area contributed by atoms with E-state index < -0.39 is 0 Å². The van der Waals surface area contributed by atoms with E-state index in [9.17, 15) is 0 Å². The Hall–Kier alpha value is -0.540. The maximum atomic E-state index is 5.82. The van der Waals surface area contributed by atoms with E-state index in [1.807, 2.05) is 12.1 Å². The van der Waals surface area contributed by atoms with Gasteiger partial charge in [0.25, 0.3) is 0 Å². The highest BCUT2D eigenvalue weighted by molar-refractivity contribution is 9.10. The predicted octanol–water partition coefficient (Wildman–Crippen LogP) is 2.93. The fraction of sp³-hybridized carbons (Fsp3) is 0.455. The van der Waals surface area contributed by atoms with Gasteiger partial charge in [0.1, 0.15) is 11.9 Å². The van der Waals surface area contributed by atoms with Crippen LogP contribution in [0.25, 0.3) is 0 Å². The van der Waals surface area contributed by atoms with Gasteiger partial charge in [-0.25, -0.2) is 0 Å². The van der Waals surface area contributed by atoms with Gasteiger partial charge in [0, 0.05) is 6.42 Å². The van der Waals surface area contributed by atoms with Crippen molar-refractivity contribution >= 4 is 15.9 Å². The van der Waals surface area contributed by atoms with Crippen LogP contribution in [0.1, 0.15) is 12.0 Å². The van der Waals surface area contributed by atoms with Crippen LogP contribution in [0, 0.1) is 6.92 Å². The van der Waals surface area contributed by atoms with Crippen LogP contribution in [-0.4, -0.2) is 19.3 Å². The predicted molar refractivity (Wildman–Crippen MR) is 58.7 cm³/mol. The Labute approximate surface area is 92.3 Å². The fourth-order valence-electron chi connectivity index (χ4n) is 1.50. The van der Waals surface area contributed by atoms with Gasteiger partial charge in [-0.2, -0.15) is 0 Å². The van der Waals surface area contributed by atoms with Crippen molar-refractivity contribution in [3.8, 4) is 5.75 Å². The Morgan fingerprint density at radius 2 is 2.36 bits per heavy atom. The molecule has 76 valence electrons. The Bertz CT molecular complexity index is 319. The van der Waals surface area contributed by atoms with Crippen molar-refractivity contribution in [2.45, 2.75) is 19.4 Å². The molecule has 1 atom stereocenters. The Morgan fingerprint density at radius 3 is 3.07 bits per heavy atom. The zero-order chi connectivity index (χ0) is 9.97. The second-order valence-electron chi connectivity index (χ2n) is 3.49. The molecule has 0 bridgehead atoms. The van der Waals surface area contributed by atoms with Crippen molar-refractivity contribution in [3.05, 3.63) is 28.2 Å². The molecule has 14 heavy (non-hydrogen) atoms. The Morgan fingerprint density at radius 1 is 1.50 bits per heavy atom. The summed E-state index contributed by atoms with van der Waals surface area (Å²) in [7, 11) is 0. The molecule has 1 aromatic carbocycles. The molecule has 0 unspecified atom stereocenters. The average Bonchev–Trinajstić information content (AvgIpc) is 2.66. The highest BCUT2D eigenvalue weighted by Crippen LogP contribution is 2.29. The van der Waals surface area contributed by atoms with E-state index in [4.69, 9.17) is 9.47 Å². The molecule has 1 fully saturated rings. The second-order valence-corrected chi connectivity index (χ2v) is 4.28. The van der Waals surface area contributed by atoms with Crippen molar-refractivity contribution in [1.82, 2.24) is 0 Å². The topological polar surface area (TPSA) is 18.5 Å². The quantitative estimate of drug-likeness (QED) is 0.811. The van der Waals surface area contributed by atoms with E-state index in [1.165, 1.54) is 5.56 Å². The summed E-state index contributed by atoms with van der Waals surface area (Å²) in [6, 6.07) is 6.04. The van der Waals surface area contributed by atoms with Gasteiger partial charge in [-0.05, 0) is 34.5 Å². The van der Waals surface area contributed by atoms with Gasteiger partial charge in [-0.1, -0.05) is 12.1 Å². The number of aryl methyl sites for hydroxylation is 1. The summed E-state index contributed by atoms with van der Waals surface area (Å²) in [6.45, 7) is 3.58. The van der Waals surface area contributed by atoms with Crippen LogP contribution in [0.3, 0.4) is 0 Å². The molecule has 3 heteroatoms. The van der Waals surface area contributed by atoms with Crippen LogP contribution in [0.2, 0.25) is 0 Å². The monoisotopic (exact) mass is 256 g/mol. The lowest BCUT2D eigenvalue weighted by Gasteiger charge is -2.14. The summed E-state index contributed by atoms with van der Waals surface area (Å²) < 4.78 is 12.1. The van der Waals surface area contributed by atoms with Crippen molar-refractivity contribution in [2.75, 3.05) is 13.2 Å². The van der Waals surface area contributed by atoms with Gasteiger partial charge in [-0.3, -0.25) is 0 Å². The molecule has 1 aliphatic rings. The number of hydrogen-bond donors (Lipinski definition) is 0. The largest absolute Gasteiger partial charge is 0.487 e. The van der Waals surface area contributed by atoms with Crippen molar-refractivity contribution in [3.63, 3.8) is 0 Å². The minimum Gasteiger partial charge on any atom is -0.487 e. The van der Waals surface area contributed by atoms with Crippen LogP contribution in [0.15, 0.2) is 22.7 Å². The van der Waals surface area contributed by atoms with Gasteiger partial charge >= 0.3 is 0 Å². The van der Waals surface area contributed by atoms with E-state index >= 15 is 0 Å². The first-order chi connectivity index (χ1) is 6.77. The molecule has 0 saturated carbocycles. The lowest BCUT2D eigenvalue weighted by molar-refractivity contribution is 0.141. The Kier molecular flexibility index (Phi) is 3.08. The minimum atomic E-state index is 0.216. The van der Waals surface area contributed by atoms with Gasteiger partial charge in [0.2, 0.25) is 0 Å². The molecule has 0 amide bonds. The summed E-state index contributed by atoms with van der Waals surface area (Å²) in [5, 5.41) is 0. The molecule has 0 aromatic heterocycles. The first-order valence-electron chi connectivity index (χ1n) is 4.77. The molecule has 0 N–H and O–H groups in total. The summed E-state index contributed by atoms with van der Waals surface area (Å²) >= 11 is 3.52. The first-order valence-corrected chi connectivity index (χ1v) is 5.56. The zero-order valence-electron chi connectivity index (χ0n) is 8.13. The number of hydrogen-bond acceptors (Lipinski definition) is 2. The van der Waals surface area contributed by atoms with Crippen LogP contribution < -0.4 is 4.74 Å².